The first-order valence-electron chi connectivity index (χ1n) is 14.8. The third kappa shape index (κ3) is 8.05. The fraction of sp³-hybridized carbons (Fsp3) is 0.364. The van der Waals surface area contributed by atoms with Crippen LogP contribution < -0.4 is 20.4 Å². The fourth-order valence-electron chi connectivity index (χ4n) is 5.50. The maximum absolute atomic E-state index is 14.8. The first-order chi connectivity index (χ1) is 21.8. The zero-order valence-electron chi connectivity index (χ0n) is 25.0. The lowest BCUT2D eigenvalue weighted by Gasteiger charge is -2.34. The van der Waals surface area contributed by atoms with Gasteiger partial charge in [-0.05, 0) is 61.1 Å². The van der Waals surface area contributed by atoms with Crippen molar-refractivity contribution in [2.24, 2.45) is 0 Å². The lowest BCUT2D eigenvalue weighted by molar-refractivity contribution is -0.129. The van der Waals surface area contributed by atoms with Crippen molar-refractivity contribution in [1.82, 2.24) is 15.8 Å². The van der Waals surface area contributed by atoms with Crippen LogP contribution >= 0.6 is 0 Å². The summed E-state index contributed by atoms with van der Waals surface area (Å²) in [6, 6.07) is 13.0. The number of nitriles is 2. The molecule has 11 nitrogen and oxygen atoms in total. The molecule has 0 atom stereocenters. The molecule has 0 saturated carbocycles. The van der Waals surface area contributed by atoms with Gasteiger partial charge in [0, 0.05) is 49.3 Å². The Labute approximate surface area is 260 Å². The Bertz CT molecular complexity index is 1620. The van der Waals surface area contributed by atoms with E-state index in [1.165, 1.54) is 25.3 Å². The van der Waals surface area contributed by atoms with Crippen LogP contribution in [-0.4, -0.2) is 53.4 Å². The van der Waals surface area contributed by atoms with E-state index >= 15 is 0 Å². The van der Waals surface area contributed by atoms with Crippen LogP contribution in [-0.2, 0) is 9.59 Å². The number of halogens is 1. The van der Waals surface area contributed by atoms with E-state index in [4.69, 9.17) is 9.94 Å². The molecular weight excluding hydrogens is 579 g/mol. The largest absolute Gasteiger partial charge is 0.504 e. The smallest absolute Gasteiger partial charge is 0.243 e. The number of benzene rings is 2. The number of carbonyl (C=O) groups excluding carboxylic acids is 2. The number of nitrogens with one attached hydrogen (secondary N) is 2. The van der Waals surface area contributed by atoms with Crippen molar-refractivity contribution in [3.63, 3.8) is 0 Å². The molecule has 2 heterocycles. The first-order valence-corrected chi connectivity index (χ1v) is 14.8. The summed E-state index contributed by atoms with van der Waals surface area (Å²) in [6.07, 6.45) is 6.48. The number of methoxy groups -OCH3 is 1. The standard InChI is InChI=1S/C33H35FN6O5/c1-45-29-11-10-21(17-28(29)41)26-20-37-33(25(19-36)32(26)22-8-9-23(18-35)27(34)16-22)40-14-12-24(13-15-40)38-30(42)6-4-2-3-5-7-31(43)39-44/h8-11,16-17,20,24,41,44H,2-7,12-15H2,1H3,(H,38,42)(H,39,43). The molecule has 1 saturated heterocycles. The van der Waals surface area contributed by atoms with E-state index in [1.54, 1.807) is 29.9 Å². The van der Waals surface area contributed by atoms with Crippen LogP contribution in [0.5, 0.6) is 11.5 Å². The summed E-state index contributed by atoms with van der Waals surface area (Å²) in [5.41, 5.74) is 3.56. The summed E-state index contributed by atoms with van der Waals surface area (Å²) < 4.78 is 20.0. The molecule has 0 radical (unpaired) electrons. The van der Waals surface area contributed by atoms with Crippen molar-refractivity contribution in [2.45, 2.75) is 57.4 Å². The van der Waals surface area contributed by atoms with Gasteiger partial charge in [0.2, 0.25) is 11.8 Å². The number of piperidine rings is 1. The Balaban J connectivity index is 1.50. The molecule has 12 heteroatoms. The van der Waals surface area contributed by atoms with Crippen molar-refractivity contribution in [1.29, 1.82) is 10.5 Å². The third-order valence-electron chi connectivity index (χ3n) is 7.88. The van der Waals surface area contributed by atoms with Gasteiger partial charge in [0.05, 0.1) is 12.7 Å². The number of pyridine rings is 1. The highest BCUT2D eigenvalue weighted by molar-refractivity contribution is 5.90. The number of phenolic OH excluding ortho intramolecular Hbond substituents is 1. The van der Waals surface area contributed by atoms with Gasteiger partial charge in [-0.1, -0.05) is 25.0 Å². The number of aromatic nitrogens is 1. The van der Waals surface area contributed by atoms with E-state index < -0.39 is 11.7 Å². The van der Waals surface area contributed by atoms with Crippen LogP contribution in [0.3, 0.4) is 0 Å². The van der Waals surface area contributed by atoms with Crippen LogP contribution in [0.25, 0.3) is 22.3 Å². The molecule has 0 unspecified atom stereocenters. The number of aromatic hydroxyl groups is 1. The number of phenols is 1. The summed E-state index contributed by atoms with van der Waals surface area (Å²) >= 11 is 0. The molecule has 0 aliphatic carbocycles. The average molecular weight is 615 g/mol. The van der Waals surface area contributed by atoms with Crippen LogP contribution in [0.4, 0.5) is 10.2 Å². The molecule has 0 spiro atoms. The quantitative estimate of drug-likeness (QED) is 0.125. The SMILES string of the molecule is COc1ccc(-c2cnc(N3CCC(NC(=O)CCCCCCC(=O)NO)CC3)c(C#N)c2-c2ccc(C#N)c(F)c2)cc1O. The van der Waals surface area contributed by atoms with E-state index in [0.717, 1.165) is 12.8 Å². The Morgan fingerprint density at radius 3 is 2.31 bits per heavy atom. The van der Waals surface area contributed by atoms with Gasteiger partial charge in [-0.15, -0.1) is 0 Å². The van der Waals surface area contributed by atoms with E-state index in [2.05, 4.69) is 16.4 Å². The predicted molar refractivity (Wildman–Crippen MR) is 164 cm³/mol. The van der Waals surface area contributed by atoms with Crippen LogP contribution in [0.2, 0.25) is 0 Å². The molecule has 0 bridgehead atoms. The Morgan fingerprint density at radius 1 is 1.02 bits per heavy atom. The number of hydrogen-bond donors (Lipinski definition) is 4. The molecule has 45 heavy (non-hydrogen) atoms. The monoisotopic (exact) mass is 614 g/mol. The number of hydrogen-bond acceptors (Lipinski definition) is 9. The summed E-state index contributed by atoms with van der Waals surface area (Å²) in [6.45, 7) is 1.06. The minimum Gasteiger partial charge on any atom is -0.504 e. The second-order valence-electron chi connectivity index (χ2n) is 10.8. The number of rotatable bonds is 12. The second-order valence-corrected chi connectivity index (χ2v) is 10.8. The number of ether oxygens (including phenoxy) is 1. The molecule has 1 fully saturated rings. The number of nitrogens with zero attached hydrogens (tertiary/aromatic N) is 4. The molecule has 1 aliphatic heterocycles. The zero-order chi connectivity index (χ0) is 32.3. The molecular formula is C33H35FN6O5. The van der Waals surface area contributed by atoms with E-state index in [0.29, 0.717) is 73.3 Å². The minimum atomic E-state index is -0.716. The summed E-state index contributed by atoms with van der Waals surface area (Å²) in [4.78, 5) is 30.2. The number of unbranched alkanes of at least 4 members (excludes halogenated alkanes) is 3. The topological polar surface area (TPSA) is 172 Å². The van der Waals surface area contributed by atoms with E-state index in [-0.39, 0.29) is 41.0 Å². The summed E-state index contributed by atoms with van der Waals surface area (Å²) in [5, 5.41) is 41.7. The lowest BCUT2D eigenvalue weighted by atomic mass is 9.91. The molecule has 2 amide bonds. The average Bonchev–Trinajstić information content (AvgIpc) is 3.05. The van der Waals surface area contributed by atoms with Gasteiger partial charge in [0.1, 0.15) is 29.3 Å². The number of anilines is 1. The van der Waals surface area contributed by atoms with Gasteiger partial charge >= 0.3 is 0 Å². The van der Waals surface area contributed by atoms with E-state index in [9.17, 15) is 29.6 Å². The Kier molecular flexibility index (Phi) is 11.3. The Morgan fingerprint density at radius 2 is 1.71 bits per heavy atom. The molecule has 4 N–H and O–H groups in total. The number of amides is 2. The minimum absolute atomic E-state index is 0.0267. The molecule has 234 valence electrons. The van der Waals surface area contributed by atoms with Crippen LogP contribution in [0, 0.1) is 28.5 Å². The lowest BCUT2D eigenvalue weighted by Crippen LogP contribution is -2.45. The maximum atomic E-state index is 14.8. The highest BCUT2D eigenvalue weighted by atomic mass is 19.1. The van der Waals surface area contributed by atoms with Crippen molar-refractivity contribution < 1.29 is 29.0 Å². The molecule has 1 aliphatic rings. The molecule has 2 aromatic carbocycles. The van der Waals surface area contributed by atoms with Gasteiger partial charge < -0.3 is 20.1 Å². The number of carbonyl (C=O) groups is 2. The second kappa shape index (κ2) is 15.5. The molecule has 4 rings (SSSR count). The third-order valence-corrected chi connectivity index (χ3v) is 7.88. The van der Waals surface area contributed by atoms with Gasteiger partial charge in [-0.25, -0.2) is 14.9 Å². The van der Waals surface area contributed by atoms with Crippen molar-refractivity contribution >= 4 is 17.6 Å². The van der Waals surface area contributed by atoms with Gasteiger partial charge in [0.25, 0.3) is 0 Å². The van der Waals surface area contributed by atoms with Gasteiger partial charge in [-0.3, -0.25) is 14.8 Å². The fourth-order valence-corrected chi connectivity index (χ4v) is 5.50. The van der Waals surface area contributed by atoms with Crippen LogP contribution in [0.1, 0.15) is 62.5 Å². The Hall–Kier alpha value is -5.20. The molecule has 3 aromatic rings. The van der Waals surface area contributed by atoms with E-state index in [1.807, 2.05) is 11.0 Å². The predicted octanol–water partition coefficient (Wildman–Crippen LogP) is 4.94. The van der Waals surface area contributed by atoms with Gasteiger partial charge in [-0.2, -0.15) is 10.5 Å². The van der Waals surface area contributed by atoms with Crippen molar-refractivity contribution in [2.75, 3.05) is 25.1 Å². The zero-order valence-corrected chi connectivity index (χ0v) is 25.0. The van der Waals surface area contributed by atoms with Crippen molar-refractivity contribution in [3.05, 3.63) is 59.5 Å². The highest BCUT2D eigenvalue weighted by Crippen LogP contribution is 2.41. The molecule has 1 aromatic heterocycles. The number of hydroxylamine groups is 1. The van der Waals surface area contributed by atoms with Crippen molar-refractivity contribution in [3.8, 4) is 45.9 Å². The first kappa shape index (κ1) is 32.7. The maximum Gasteiger partial charge on any atom is 0.243 e. The summed E-state index contributed by atoms with van der Waals surface area (Å²) in [7, 11) is 1.44. The van der Waals surface area contributed by atoms with Gasteiger partial charge in [0.15, 0.2) is 11.5 Å². The van der Waals surface area contributed by atoms with Crippen LogP contribution in [0.15, 0.2) is 42.6 Å². The normalized spacial score (nSPS) is 13.0. The summed E-state index contributed by atoms with van der Waals surface area (Å²) in [5.74, 6) is -0.566. The highest BCUT2D eigenvalue weighted by Gasteiger charge is 2.27.